The Morgan fingerprint density at radius 2 is 0.485 bits per heavy atom. The van der Waals surface area contributed by atoms with E-state index in [9.17, 15) is 0 Å². The third-order valence-electron chi connectivity index (χ3n) is 15.8. The van der Waals surface area contributed by atoms with Gasteiger partial charge in [0, 0.05) is 44.5 Å². The Bertz CT molecular complexity index is 3390. The van der Waals surface area contributed by atoms with E-state index in [4.69, 9.17) is 0 Å². The maximum Gasteiger partial charge on any atom is 0.0540 e. The lowest BCUT2D eigenvalue weighted by molar-refractivity contribution is 0.659. The van der Waals surface area contributed by atoms with E-state index in [1.54, 1.807) is 0 Å². The molecule has 0 unspecified atom stereocenters. The van der Waals surface area contributed by atoms with Crippen LogP contribution >= 0.6 is 0 Å². The number of hydrogen-bond acceptors (Lipinski definition) is 2. The summed E-state index contributed by atoms with van der Waals surface area (Å²) in [5.41, 5.74) is 30.0. The van der Waals surface area contributed by atoms with Gasteiger partial charge in [0.2, 0.25) is 0 Å². The molecule has 0 radical (unpaired) electrons. The molecular formula is C66H48N2. The lowest BCUT2D eigenvalue weighted by Gasteiger charge is -2.29. The molecule has 2 nitrogen and oxygen atoms in total. The number of hydrogen-bond donors (Lipinski definition) is 0. The predicted octanol–water partition coefficient (Wildman–Crippen LogP) is 18.2. The van der Waals surface area contributed by atoms with Gasteiger partial charge in [-0.05, 0) is 139 Å². The fourth-order valence-corrected chi connectivity index (χ4v) is 12.4. The molecule has 2 aliphatic heterocycles. The molecule has 0 fully saturated rings. The second-order valence-corrected chi connectivity index (χ2v) is 20.1. The largest absolute Gasteiger partial charge is 0.309 e. The van der Waals surface area contributed by atoms with E-state index in [1.165, 1.54) is 134 Å². The van der Waals surface area contributed by atoms with Crippen LogP contribution in [0.5, 0.6) is 0 Å². The molecule has 2 heteroatoms. The van der Waals surface area contributed by atoms with Gasteiger partial charge in [0.15, 0.2) is 0 Å². The minimum atomic E-state index is -0.209. The maximum atomic E-state index is 2.48. The van der Waals surface area contributed by atoms with Crippen molar-refractivity contribution in [3.63, 3.8) is 0 Å². The van der Waals surface area contributed by atoms with E-state index in [0.717, 1.165) is 0 Å². The van der Waals surface area contributed by atoms with Gasteiger partial charge < -0.3 is 9.80 Å². The van der Waals surface area contributed by atoms with Crippen LogP contribution < -0.4 is 9.80 Å². The fourth-order valence-electron chi connectivity index (χ4n) is 12.4. The third kappa shape index (κ3) is 5.40. The van der Waals surface area contributed by atoms with Crippen LogP contribution in [0.3, 0.4) is 0 Å². The number of rotatable bonds is 3. The summed E-state index contributed by atoms with van der Waals surface area (Å²) in [6.45, 7) is 9.63. The highest BCUT2D eigenvalue weighted by Gasteiger charge is 2.39. The molecule has 0 amide bonds. The van der Waals surface area contributed by atoms with Gasteiger partial charge in [-0.3, -0.25) is 0 Å². The molecule has 2 heterocycles. The normalized spacial score (nSPS) is 14.6. The topological polar surface area (TPSA) is 6.48 Å². The molecule has 0 atom stereocenters. The van der Waals surface area contributed by atoms with Crippen molar-refractivity contribution < 1.29 is 0 Å². The zero-order chi connectivity index (χ0) is 45.5. The number of para-hydroxylation sites is 4. The summed E-state index contributed by atoms with van der Waals surface area (Å²) >= 11 is 0. The van der Waals surface area contributed by atoms with Crippen LogP contribution in [-0.4, -0.2) is 0 Å². The third-order valence-corrected chi connectivity index (χ3v) is 15.8. The van der Waals surface area contributed by atoms with Crippen molar-refractivity contribution in [2.75, 3.05) is 9.80 Å². The van der Waals surface area contributed by atoms with Crippen LogP contribution in [0.25, 0.3) is 77.9 Å². The standard InChI is InChI=1S/C66H48N2/c1-65(2)57-37-41(29-33-49(57)51-35-31-43(39-59(51)65)67-61-25-13-9-21-53(61)45-17-5-6-18-46(45)54-22-10-14-26-62(54)67)42-30-34-50-52-36-32-44(40-60(52)66(3,4)58(50)38-42)68-63-27-15-11-23-55(63)47-19-7-8-20-48(47)56-24-12-16-28-64(56)68/h5-40H,1-4H3. The first-order valence-corrected chi connectivity index (χ1v) is 24.0. The first kappa shape index (κ1) is 39.0. The molecular weight excluding hydrogens is 821 g/mol. The molecule has 4 aliphatic rings. The van der Waals surface area contributed by atoms with Crippen LogP contribution in [0.2, 0.25) is 0 Å². The summed E-state index contributed by atoms with van der Waals surface area (Å²) in [5.74, 6) is 0. The van der Waals surface area contributed by atoms with Crippen molar-refractivity contribution in [1.82, 2.24) is 0 Å². The fraction of sp³-hybridized carbons (Fsp3) is 0.0909. The van der Waals surface area contributed by atoms with Crippen molar-refractivity contribution in [3.05, 3.63) is 241 Å². The Morgan fingerprint density at radius 1 is 0.235 bits per heavy atom. The van der Waals surface area contributed by atoms with Gasteiger partial charge in [0.1, 0.15) is 0 Å². The molecule has 322 valence electrons. The van der Waals surface area contributed by atoms with Gasteiger partial charge in [0.05, 0.1) is 22.7 Å². The molecule has 10 aromatic rings. The average molecular weight is 869 g/mol. The molecule has 0 spiro atoms. The summed E-state index contributed by atoms with van der Waals surface area (Å²) in [6, 6.07) is 81.9. The second kappa shape index (κ2) is 14.2. The molecule has 0 bridgehead atoms. The van der Waals surface area contributed by atoms with E-state index in [-0.39, 0.29) is 10.8 Å². The number of fused-ring (bicyclic) bond motifs is 16. The molecule has 68 heavy (non-hydrogen) atoms. The summed E-state index contributed by atoms with van der Waals surface area (Å²) in [7, 11) is 0. The summed E-state index contributed by atoms with van der Waals surface area (Å²) in [4.78, 5) is 4.96. The number of anilines is 6. The molecule has 14 rings (SSSR count). The van der Waals surface area contributed by atoms with E-state index in [2.05, 4.69) is 256 Å². The molecule has 0 N–H and O–H groups in total. The van der Waals surface area contributed by atoms with Crippen molar-refractivity contribution in [2.45, 2.75) is 38.5 Å². The highest BCUT2D eigenvalue weighted by Crippen LogP contribution is 2.57. The van der Waals surface area contributed by atoms with Gasteiger partial charge in [-0.2, -0.15) is 0 Å². The van der Waals surface area contributed by atoms with Crippen molar-refractivity contribution in [2.24, 2.45) is 0 Å². The van der Waals surface area contributed by atoms with Crippen LogP contribution in [-0.2, 0) is 10.8 Å². The minimum Gasteiger partial charge on any atom is -0.309 e. The van der Waals surface area contributed by atoms with Crippen molar-refractivity contribution in [1.29, 1.82) is 0 Å². The Labute approximate surface area is 399 Å². The first-order chi connectivity index (χ1) is 33.3. The molecule has 10 aromatic carbocycles. The minimum absolute atomic E-state index is 0.209. The van der Waals surface area contributed by atoms with Crippen molar-refractivity contribution in [3.8, 4) is 77.9 Å². The molecule has 0 saturated carbocycles. The lowest BCUT2D eigenvalue weighted by Crippen LogP contribution is -2.17. The van der Waals surface area contributed by atoms with E-state index in [0.29, 0.717) is 0 Å². The highest BCUT2D eigenvalue weighted by molar-refractivity contribution is 6.04. The SMILES string of the molecule is CC1(C)c2cc(-c3ccc4c(c3)C(C)(C)c3cc(N5c6ccccc6-c6ccccc6-c6ccccc65)ccc3-4)ccc2-c2ccc(N3c4ccccc4-c4ccccc4-c4ccccc43)cc21. The second-order valence-electron chi connectivity index (χ2n) is 20.1. The Morgan fingerprint density at radius 3 is 0.794 bits per heavy atom. The van der Waals surface area contributed by atoms with E-state index in [1.807, 2.05) is 0 Å². The quantitative estimate of drug-likeness (QED) is 0.175. The smallest absolute Gasteiger partial charge is 0.0540 e. The Kier molecular flexibility index (Phi) is 8.12. The van der Waals surface area contributed by atoms with E-state index < -0.39 is 0 Å². The Hall–Kier alpha value is -8.20. The van der Waals surface area contributed by atoms with Crippen LogP contribution in [0.15, 0.2) is 218 Å². The maximum absolute atomic E-state index is 2.48. The Balaban J connectivity index is 0.828. The molecule has 0 aromatic heterocycles. The first-order valence-electron chi connectivity index (χ1n) is 24.0. The van der Waals surface area contributed by atoms with Crippen molar-refractivity contribution >= 4 is 34.1 Å². The highest BCUT2D eigenvalue weighted by atomic mass is 15.2. The zero-order valence-corrected chi connectivity index (χ0v) is 38.7. The van der Waals surface area contributed by atoms with E-state index >= 15 is 0 Å². The van der Waals surface area contributed by atoms with Crippen LogP contribution in [0, 0.1) is 0 Å². The molecule has 2 aliphatic carbocycles. The predicted molar refractivity (Wildman–Crippen MR) is 285 cm³/mol. The van der Waals surface area contributed by atoms with Gasteiger partial charge in [-0.25, -0.2) is 0 Å². The summed E-state index contributed by atoms with van der Waals surface area (Å²) < 4.78 is 0. The van der Waals surface area contributed by atoms with Crippen LogP contribution in [0.4, 0.5) is 34.1 Å². The van der Waals surface area contributed by atoms with Gasteiger partial charge in [-0.1, -0.05) is 185 Å². The van der Waals surface area contributed by atoms with Gasteiger partial charge >= 0.3 is 0 Å². The summed E-state index contributed by atoms with van der Waals surface area (Å²) in [6.07, 6.45) is 0. The van der Waals surface area contributed by atoms with Gasteiger partial charge in [0.25, 0.3) is 0 Å². The number of benzene rings is 10. The summed E-state index contributed by atoms with van der Waals surface area (Å²) in [5, 5.41) is 0. The average Bonchev–Trinajstić information content (AvgIpc) is 3.61. The number of nitrogens with zero attached hydrogens (tertiary/aromatic N) is 2. The van der Waals surface area contributed by atoms with Crippen LogP contribution in [0.1, 0.15) is 49.9 Å². The van der Waals surface area contributed by atoms with Gasteiger partial charge in [-0.15, -0.1) is 0 Å². The lowest BCUT2D eigenvalue weighted by atomic mass is 9.80. The molecule has 0 saturated heterocycles. The zero-order valence-electron chi connectivity index (χ0n) is 38.7. The monoisotopic (exact) mass is 868 g/mol.